The second-order valence-corrected chi connectivity index (χ2v) is 5.29. The van der Waals surface area contributed by atoms with Crippen LogP contribution in [0, 0.1) is 0 Å². The lowest BCUT2D eigenvalue weighted by Gasteiger charge is -2.25. The Kier molecular flexibility index (Phi) is 4.11. The number of carboxylic acid groups (broad SMARTS) is 1. The van der Waals surface area contributed by atoms with E-state index in [1.165, 1.54) is 6.92 Å². The highest BCUT2D eigenvalue weighted by atomic mass is 16.4. The van der Waals surface area contributed by atoms with E-state index in [4.69, 9.17) is 5.73 Å². The van der Waals surface area contributed by atoms with Crippen molar-refractivity contribution in [1.82, 2.24) is 4.98 Å². The van der Waals surface area contributed by atoms with Gasteiger partial charge in [-0.05, 0) is 18.6 Å². The fourth-order valence-corrected chi connectivity index (χ4v) is 2.34. The van der Waals surface area contributed by atoms with Crippen LogP contribution in [0.15, 0.2) is 30.5 Å². The van der Waals surface area contributed by atoms with Crippen molar-refractivity contribution in [3.63, 3.8) is 0 Å². The average molecular weight is 290 g/mol. The molecule has 0 amide bonds. The molecule has 112 valence electrons. The number of carbonyl (C=O) groups excluding carboxylic acids is 1. The van der Waals surface area contributed by atoms with Crippen LogP contribution in [-0.4, -0.2) is 38.6 Å². The maximum absolute atomic E-state index is 11.4. The van der Waals surface area contributed by atoms with Crippen molar-refractivity contribution in [2.24, 2.45) is 5.73 Å². The van der Waals surface area contributed by atoms with Gasteiger partial charge in [0.2, 0.25) is 0 Å². The van der Waals surface area contributed by atoms with Crippen molar-refractivity contribution in [1.29, 1.82) is 0 Å². The first-order chi connectivity index (χ1) is 9.83. The molecule has 0 fully saturated rings. The highest BCUT2D eigenvalue weighted by molar-refractivity contribution is 5.86. The minimum Gasteiger partial charge on any atom is -0.479 e. The number of ketones is 1. The summed E-state index contributed by atoms with van der Waals surface area (Å²) in [5, 5.41) is 20.5. The van der Waals surface area contributed by atoms with Crippen molar-refractivity contribution < 1.29 is 19.8 Å². The van der Waals surface area contributed by atoms with Crippen LogP contribution < -0.4 is 5.73 Å². The van der Waals surface area contributed by atoms with Crippen LogP contribution in [0.25, 0.3) is 10.9 Å². The lowest BCUT2D eigenvalue weighted by molar-refractivity contribution is -0.159. The van der Waals surface area contributed by atoms with E-state index >= 15 is 0 Å². The monoisotopic (exact) mass is 290 g/mol. The van der Waals surface area contributed by atoms with Gasteiger partial charge >= 0.3 is 5.97 Å². The van der Waals surface area contributed by atoms with Crippen molar-refractivity contribution in [2.75, 3.05) is 0 Å². The number of fused-ring (bicyclic) bond motifs is 1. The fraction of sp³-hybridized carbons (Fsp3) is 0.333. The van der Waals surface area contributed by atoms with Crippen LogP contribution >= 0.6 is 0 Å². The minimum absolute atomic E-state index is 0.118. The number of para-hydroxylation sites is 1. The zero-order chi connectivity index (χ0) is 15.6. The topological polar surface area (TPSA) is 116 Å². The molecule has 1 heterocycles. The van der Waals surface area contributed by atoms with E-state index in [0.717, 1.165) is 10.9 Å². The molecule has 6 heteroatoms. The van der Waals surface area contributed by atoms with Crippen LogP contribution in [0.2, 0.25) is 0 Å². The van der Waals surface area contributed by atoms with E-state index in [0.29, 0.717) is 5.56 Å². The highest BCUT2D eigenvalue weighted by Gasteiger charge is 2.39. The molecule has 0 radical (unpaired) electrons. The average Bonchev–Trinajstić information content (AvgIpc) is 2.81. The van der Waals surface area contributed by atoms with Gasteiger partial charge in [0.25, 0.3) is 0 Å². The normalized spacial score (nSPS) is 15.6. The van der Waals surface area contributed by atoms with E-state index < -0.39 is 17.6 Å². The third kappa shape index (κ3) is 3.12. The zero-order valence-corrected chi connectivity index (χ0v) is 11.7. The second-order valence-electron chi connectivity index (χ2n) is 5.29. The lowest BCUT2D eigenvalue weighted by atomic mass is 9.87. The van der Waals surface area contributed by atoms with Crippen LogP contribution in [0.4, 0.5) is 0 Å². The standard InChI is InChI=1S/C15H18N2O4/c1-9(18)12(16)7-15(21,14(19)20)6-10-8-17-13-5-3-2-4-11(10)13/h2-5,8,12,17,21H,6-7,16H2,1H3,(H,19,20)/t12-,15?/m1/s1. The van der Waals surface area contributed by atoms with Gasteiger partial charge in [-0.15, -0.1) is 0 Å². The molecule has 1 aromatic heterocycles. The summed E-state index contributed by atoms with van der Waals surface area (Å²) < 4.78 is 0. The van der Waals surface area contributed by atoms with Gasteiger partial charge < -0.3 is 20.9 Å². The first kappa shape index (κ1) is 15.2. The number of hydrogen-bond donors (Lipinski definition) is 4. The first-order valence-corrected chi connectivity index (χ1v) is 6.60. The van der Waals surface area contributed by atoms with Gasteiger partial charge in [-0.2, -0.15) is 0 Å². The molecule has 0 spiro atoms. The van der Waals surface area contributed by atoms with Gasteiger partial charge in [-0.25, -0.2) is 4.79 Å². The van der Waals surface area contributed by atoms with E-state index in [9.17, 15) is 19.8 Å². The Morgan fingerprint density at radius 1 is 1.38 bits per heavy atom. The maximum atomic E-state index is 11.4. The second kappa shape index (κ2) is 5.67. The van der Waals surface area contributed by atoms with Crippen molar-refractivity contribution in [2.45, 2.75) is 31.4 Å². The molecule has 6 nitrogen and oxygen atoms in total. The Morgan fingerprint density at radius 3 is 2.67 bits per heavy atom. The van der Waals surface area contributed by atoms with Crippen molar-refractivity contribution in [3.8, 4) is 0 Å². The third-order valence-corrected chi connectivity index (χ3v) is 3.64. The number of Topliss-reactive ketones (excluding diaryl/α,β-unsaturated/α-hetero) is 1. The number of rotatable bonds is 6. The molecular formula is C15H18N2O4. The van der Waals surface area contributed by atoms with Gasteiger partial charge in [0, 0.05) is 29.9 Å². The van der Waals surface area contributed by atoms with E-state index in [2.05, 4.69) is 4.98 Å². The summed E-state index contributed by atoms with van der Waals surface area (Å²) in [5.74, 6) is -1.74. The fourth-order valence-electron chi connectivity index (χ4n) is 2.34. The summed E-state index contributed by atoms with van der Waals surface area (Å²) >= 11 is 0. The number of benzene rings is 1. The molecule has 2 aromatic rings. The number of aliphatic carboxylic acids is 1. The molecular weight excluding hydrogens is 272 g/mol. The van der Waals surface area contributed by atoms with Gasteiger partial charge in [0.1, 0.15) is 5.78 Å². The molecule has 2 atom stereocenters. The van der Waals surface area contributed by atoms with E-state index in [-0.39, 0.29) is 18.6 Å². The Morgan fingerprint density at radius 2 is 2.05 bits per heavy atom. The Hall–Kier alpha value is -2.18. The molecule has 21 heavy (non-hydrogen) atoms. The van der Waals surface area contributed by atoms with Gasteiger partial charge in [-0.1, -0.05) is 18.2 Å². The molecule has 0 aliphatic heterocycles. The van der Waals surface area contributed by atoms with Crippen LogP contribution in [0.5, 0.6) is 0 Å². The molecule has 0 aliphatic rings. The van der Waals surface area contributed by atoms with Gasteiger partial charge in [-0.3, -0.25) is 4.79 Å². The molecule has 0 saturated carbocycles. The molecule has 0 bridgehead atoms. The maximum Gasteiger partial charge on any atom is 0.336 e. The number of carboxylic acids is 1. The largest absolute Gasteiger partial charge is 0.479 e. The number of aliphatic hydroxyl groups is 1. The summed E-state index contributed by atoms with van der Waals surface area (Å²) in [6, 6.07) is 6.39. The molecule has 1 aromatic carbocycles. The summed E-state index contributed by atoms with van der Waals surface area (Å²) in [6.07, 6.45) is 1.22. The number of nitrogens with two attached hydrogens (primary N) is 1. The molecule has 2 rings (SSSR count). The third-order valence-electron chi connectivity index (χ3n) is 3.64. The quantitative estimate of drug-likeness (QED) is 0.629. The number of hydrogen-bond acceptors (Lipinski definition) is 4. The Bertz CT molecular complexity index is 679. The summed E-state index contributed by atoms with van der Waals surface area (Å²) in [4.78, 5) is 25.7. The van der Waals surface area contributed by atoms with Gasteiger partial charge in [0.05, 0.1) is 6.04 Å². The number of carbonyl (C=O) groups is 2. The number of nitrogens with one attached hydrogen (secondary N) is 1. The first-order valence-electron chi connectivity index (χ1n) is 6.60. The van der Waals surface area contributed by atoms with Crippen LogP contribution in [0.1, 0.15) is 18.9 Å². The summed E-state index contributed by atoms with van der Waals surface area (Å²) in [7, 11) is 0. The van der Waals surface area contributed by atoms with E-state index in [1.807, 2.05) is 24.3 Å². The SMILES string of the molecule is CC(=O)[C@H](N)CC(O)(Cc1c[nH]c2ccccc12)C(=O)O. The zero-order valence-electron chi connectivity index (χ0n) is 11.7. The minimum atomic E-state index is -2.07. The predicted octanol–water partition coefficient (Wildman–Crippen LogP) is 0.832. The smallest absolute Gasteiger partial charge is 0.336 e. The van der Waals surface area contributed by atoms with E-state index in [1.54, 1.807) is 6.20 Å². The van der Waals surface area contributed by atoms with Crippen LogP contribution in [0.3, 0.4) is 0 Å². The molecule has 0 aliphatic carbocycles. The van der Waals surface area contributed by atoms with Crippen molar-refractivity contribution >= 4 is 22.7 Å². The van der Waals surface area contributed by atoms with Gasteiger partial charge in [0.15, 0.2) is 5.60 Å². The molecule has 5 N–H and O–H groups in total. The summed E-state index contributed by atoms with van der Waals surface area (Å²) in [6.45, 7) is 1.28. The molecule has 0 saturated heterocycles. The Balaban J connectivity index is 2.31. The number of aromatic amines is 1. The lowest BCUT2D eigenvalue weighted by Crippen LogP contribution is -2.47. The number of aromatic nitrogens is 1. The van der Waals surface area contributed by atoms with Crippen molar-refractivity contribution in [3.05, 3.63) is 36.0 Å². The molecule has 1 unspecified atom stereocenters. The Labute approximate surface area is 121 Å². The predicted molar refractivity (Wildman–Crippen MR) is 77.9 cm³/mol. The number of H-pyrrole nitrogens is 1. The highest BCUT2D eigenvalue weighted by Crippen LogP contribution is 2.25. The summed E-state index contributed by atoms with van der Waals surface area (Å²) in [5.41, 5.74) is 5.06. The van der Waals surface area contributed by atoms with Crippen LogP contribution in [-0.2, 0) is 16.0 Å².